The molecule has 0 aliphatic rings. The Balaban J connectivity index is 2.08. The van der Waals surface area contributed by atoms with Gasteiger partial charge < -0.3 is 9.98 Å². The number of nitrogens with zero attached hydrogens (tertiary/aromatic N) is 1. The summed E-state index contributed by atoms with van der Waals surface area (Å²) in [5.41, 5.74) is 2.27. The van der Waals surface area contributed by atoms with Gasteiger partial charge in [-0.2, -0.15) is 0 Å². The predicted molar refractivity (Wildman–Crippen MR) is 78.3 cm³/mol. The molecule has 0 unspecified atom stereocenters. The molecule has 0 amide bonds. The van der Waals surface area contributed by atoms with Gasteiger partial charge in [-0.05, 0) is 29.8 Å². The number of benzene rings is 2. The molecule has 1 N–H and O–H groups in total. The van der Waals surface area contributed by atoms with Crippen LogP contribution in [0.25, 0.3) is 10.9 Å². The lowest BCUT2D eigenvalue weighted by Gasteiger charge is -2.11. The third kappa shape index (κ3) is 2.40. The molecule has 0 spiro atoms. The summed E-state index contributed by atoms with van der Waals surface area (Å²) in [5.74, 6) is 0. The summed E-state index contributed by atoms with van der Waals surface area (Å²) in [6, 6.07) is 17.7. The van der Waals surface area contributed by atoms with E-state index in [-0.39, 0.29) is 0 Å². The Hall–Kier alpha value is -2.06. The van der Waals surface area contributed by atoms with Gasteiger partial charge in [0.05, 0.1) is 10.9 Å². The lowest BCUT2D eigenvalue weighted by Crippen LogP contribution is -2.08. The molecule has 3 heteroatoms. The summed E-state index contributed by atoms with van der Waals surface area (Å²) in [6.45, 7) is 0.776. The third-order valence-electron chi connectivity index (χ3n) is 3.19. The van der Waals surface area contributed by atoms with Crippen molar-refractivity contribution in [1.82, 2.24) is 4.57 Å². The maximum Gasteiger partial charge on any atom is 0.0647 e. The van der Waals surface area contributed by atoms with E-state index in [1.165, 1.54) is 5.56 Å². The fraction of sp³-hybridized carbons (Fsp3) is 0.0625. The molecule has 0 atom stereocenters. The van der Waals surface area contributed by atoms with Crippen LogP contribution < -0.4 is 5.36 Å². The Morgan fingerprint density at radius 2 is 1.68 bits per heavy atom. The van der Waals surface area contributed by atoms with Gasteiger partial charge in [0.25, 0.3) is 0 Å². The van der Waals surface area contributed by atoms with E-state index in [9.17, 15) is 0 Å². The van der Waals surface area contributed by atoms with E-state index in [0.717, 1.165) is 22.5 Å². The smallest absolute Gasteiger partial charge is 0.0647 e. The van der Waals surface area contributed by atoms with Crippen LogP contribution in [-0.4, -0.2) is 4.57 Å². The molecule has 94 valence electrons. The number of halogens is 1. The monoisotopic (exact) mass is 268 g/mol. The minimum Gasteiger partial charge on any atom is -0.343 e. The summed E-state index contributed by atoms with van der Waals surface area (Å²) in [6.07, 6.45) is 1.96. The van der Waals surface area contributed by atoms with Gasteiger partial charge in [-0.3, -0.25) is 0 Å². The third-order valence-corrected chi connectivity index (χ3v) is 3.44. The highest BCUT2D eigenvalue weighted by molar-refractivity contribution is 6.30. The Kier molecular flexibility index (Phi) is 3.10. The van der Waals surface area contributed by atoms with E-state index in [4.69, 9.17) is 17.0 Å². The van der Waals surface area contributed by atoms with Crippen molar-refractivity contribution >= 4 is 22.5 Å². The van der Waals surface area contributed by atoms with Crippen molar-refractivity contribution in [2.45, 2.75) is 6.54 Å². The molecule has 3 aromatic rings. The number of pyridine rings is 1. The predicted octanol–water partition coefficient (Wildman–Crippen LogP) is 3.82. The van der Waals surface area contributed by atoms with Crippen LogP contribution in [0, 0.1) is 5.41 Å². The molecule has 0 aliphatic heterocycles. The van der Waals surface area contributed by atoms with Crippen LogP contribution in [0.1, 0.15) is 5.56 Å². The molecule has 2 aromatic carbocycles. The first kappa shape index (κ1) is 12.0. The zero-order valence-corrected chi connectivity index (χ0v) is 11.1. The van der Waals surface area contributed by atoms with E-state index in [2.05, 4.69) is 4.57 Å². The average molecular weight is 269 g/mol. The maximum atomic E-state index is 7.94. The van der Waals surface area contributed by atoms with Gasteiger partial charge in [0.1, 0.15) is 0 Å². The first-order valence-electron chi connectivity index (χ1n) is 6.11. The van der Waals surface area contributed by atoms with Crippen LogP contribution in [-0.2, 0) is 6.54 Å². The number of hydrogen-bond acceptors (Lipinski definition) is 1. The van der Waals surface area contributed by atoms with Crippen LogP contribution in [0.3, 0.4) is 0 Å². The summed E-state index contributed by atoms with van der Waals surface area (Å²) >= 11 is 5.90. The van der Waals surface area contributed by atoms with Gasteiger partial charge in [0.2, 0.25) is 0 Å². The Morgan fingerprint density at radius 3 is 2.47 bits per heavy atom. The van der Waals surface area contributed by atoms with Crippen molar-refractivity contribution in [3.8, 4) is 0 Å². The van der Waals surface area contributed by atoms with Crippen molar-refractivity contribution in [3.05, 3.63) is 76.7 Å². The molecule has 0 saturated carbocycles. The van der Waals surface area contributed by atoms with Crippen molar-refractivity contribution in [2.24, 2.45) is 0 Å². The first-order valence-corrected chi connectivity index (χ1v) is 6.49. The fourth-order valence-corrected chi connectivity index (χ4v) is 2.34. The number of fused-ring (bicyclic) bond motifs is 1. The van der Waals surface area contributed by atoms with Gasteiger partial charge in [0.15, 0.2) is 0 Å². The number of nitrogens with one attached hydrogen (secondary N) is 1. The summed E-state index contributed by atoms with van der Waals surface area (Å²) in [7, 11) is 0. The summed E-state index contributed by atoms with van der Waals surface area (Å²) in [4.78, 5) is 0. The van der Waals surface area contributed by atoms with Crippen LogP contribution in [0.15, 0.2) is 60.8 Å². The van der Waals surface area contributed by atoms with E-state index in [1.54, 1.807) is 0 Å². The van der Waals surface area contributed by atoms with Crippen LogP contribution in [0.4, 0.5) is 0 Å². The van der Waals surface area contributed by atoms with Gasteiger partial charge in [-0.25, -0.2) is 0 Å². The SMILES string of the molecule is N=c1ccn(Cc2ccc(Cl)cc2)c2ccccc12. The number of aromatic nitrogens is 1. The zero-order chi connectivity index (χ0) is 13.2. The molecule has 0 saturated heterocycles. The van der Waals surface area contributed by atoms with Crippen LogP contribution in [0.5, 0.6) is 0 Å². The minimum absolute atomic E-state index is 0.558. The molecule has 2 nitrogen and oxygen atoms in total. The van der Waals surface area contributed by atoms with E-state index in [1.807, 2.05) is 60.8 Å². The molecule has 3 rings (SSSR count). The second kappa shape index (κ2) is 4.90. The topological polar surface area (TPSA) is 28.8 Å². The number of rotatable bonds is 2. The molecular formula is C16H13ClN2. The lowest BCUT2D eigenvalue weighted by atomic mass is 10.1. The molecular weight excluding hydrogens is 256 g/mol. The molecule has 19 heavy (non-hydrogen) atoms. The van der Waals surface area contributed by atoms with Crippen LogP contribution >= 0.6 is 11.6 Å². The van der Waals surface area contributed by atoms with E-state index < -0.39 is 0 Å². The standard InChI is InChI=1S/C16H13ClN2/c17-13-7-5-12(6-8-13)11-19-10-9-15(18)14-3-1-2-4-16(14)19/h1-10,18H,11H2. The lowest BCUT2D eigenvalue weighted by molar-refractivity contribution is 0.824. The Bertz CT molecular complexity index is 773. The normalized spacial score (nSPS) is 10.8. The van der Waals surface area contributed by atoms with Crippen molar-refractivity contribution < 1.29 is 0 Å². The zero-order valence-electron chi connectivity index (χ0n) is 10.3. The number of para-hydroxylation sites is 1. The Morgan fingerprint density at radius 1 is 0.947 bits per heavy atom. The fourth-order valence-electron chi connectivity index (χ4n) is 2.21. The largest absolute Gasteiger partial charge is 0.343 e. The molecule has 1 heterocycles. The molecule has 0 fully saturated rings. The molecule has 0 radical (unpaired) electrons. The van der Waals surface area contributed by atoms with Gasteiger partial charge >= 0.3 is 0 Å². The first-order chi connectivity index (χ1) is 9.24. The van der Waals surface area contributed by atoms with Crippen molar-refractivity contribution in [1.29, 1.82) is 5.41 Å². The maximum absolute atomic E-state index is 7.94. The highest BCUT2D eigenvalue weighted by Gasteiger charge is 2.01. The average Bonchev–Trinajstić information content (AvgIpc) is 2.45. The van der Waals surface area contributed by atoms with Gasteiger partial charge in [0, 0.05) is 23.2 Å². The Labute approximate surface area is 116 Å². The van der Waals surface area contributed by atoms with Gasteiger partial charge in [-0.1, -0.05) is 41.9 Å². The molecule has 0 aliphatic carbocycles. The molecule has 1 aromatic heterocycles. The second-order valence-electron chi connectivity index (χ2n) is 4.50. The van der Waals surface area contributed by atoms with E-state index >= 15 is 0 Å². The van der Waals surface area contributed by atoms with Crippen molar-refractivity contribution in [2.75, 3.05) is 0 Å². The quantitative estimate of drug-likeness (QED) is 0.732. The minimum atomic E-state index is 0.558. The van der Waals surface area contributed by atoms with Gasteiger partial charge in [-0.15, -0.1) is 0 Å². The van der Waals surface area contributed by atoms with E-state index in [0.29, 0.717) is 5.36 Å². The van der Waals surface area contributed by atoms with Crippen LogP contribution in [0.2, 0.25) is 5.02 Å². The number of hydrogen-bond donors (Lipinski definition) is 1. The highest BCUT2D eigenvalue weighted by Crippen LogP contribution is 2.14. The molecule has 0 bridgehead atoms. The summed E-state index contributed by atoms with van der Waals surface area (Å²) < 4.78 is 2.15. The summed E-state index contributed by atoms with van der Waals surface area (Å²) in [5, 5.41) is 10.2. The highest BCUT2D eigenvalue weighted by atomic mass is 35.5. The second-order valence-corrected chi connectivity index (χ2v) is 4.94. The van der Waals surface area contributed by atoms with Crippen molar-refractivity contribution in [3.63, 3.8) is 0 Å².